The zero-order chi connectivity index (χ0) is 17.4. The maximum atomic E-state index is 12.1. The normalized spacial score (nSPS) is 10.3. The summed E-state index contributed by atoms with van der Waals surface area (Å²) in [5.74, 6) is 1.68. The predicted octanol–water partition coefficient (Wildman–Crippen LogP) is 3.89. The number of anilines is 1. The molecule has 5 nitrogen and oxygen atoms in total. The van der Waals surface area contributed by atoms with E-state index in [0.29, 0.717) is 29.5 Å². The summed E-state index contributed by atoms with van der Waals surface area (Å²) in [7, 11) is 0. The van der Waals surface area contributed by atoms with Gasteiger partial charge in [0, 0.05) is 6.07 Å². The minimum absolute atomic E-state index is 0.0283. The van der Waals surface area contributed by atoms with Crippen molar-refractivity contribution in [2.75, 3.05) is 18.5 Å². The van der Waals surface area contributed by atoms with Crippen molar-refractivity contribution in [3.05, 3.63) is 48.5 Å². The van der Waals surface area contributed by atoms with Gasteiger partial charge in [0.05, 0.1) is 18.4 Å². The Kier molecular flexibility index (Phi) is 6.49. The Morgan fingerprint density at radius 2 is 1.75 bits per heavy atom. The fourth-order valence-corrected chi connectivity index (χ4v) is 2.08. The Bertz CT molecular complexity index is 670. The molecule has 128 valence electrons. The standard InChI is InChI=1S/C19H23NO4/c1-4-22-15-8-7-9-16(12-15)23-13-19(21)20-17-10-5-6-11-18(17)24-14(2)3/h5-12,14H,4,13H2,1-3H3,(H,20,21). The first-order valence-corrected chi connectivity index (χ1v) is 7.99. The number of hydrogen-bond acceptors (Lipinski definition) is 4. The van der Waals surface area contributed by atoms with Crippen LogP contribution in [0.2, 0.25) is 0 Å². The van der Waals surface area contributed by atoms with Crippen LogP contribution in [0.15, 0.2) is 48.5 Å². The van der Waals surface area contributed by atoms with Crippen molar-refractivity contribution >= 4 is 11.6 Å². The molecule has 0 aliphatic carbocycles. The van der Waals surface area contributed by atoms with E-state index in [0.717, 1.165) is 0 Å². The molecular formula is C19H23NO4. The molecule has 1 amide bonds. The molecular weight excluding hydrogens is 306 g/mol. The van der Waals surface area contributed by atoms with Gasteiger partial charge in [0.1, 0.15) is 17.2 Å². The minimum atomic E-state index is -0.253. The molecule has 2 aromatic rings. The van der Waals surface area contributed by atoms with Crippen LogP contribution in [0.1, 0.15) is 20.8 Å². The molecule has 1 N–H and O–H groups in total. The molecule has 2 aromatic carbocycles. The third-order valence-electron chi connectivity index (χ3n) is 3.01. The smallest absolute Gasteiger partial charge is 0.262 e. The largest absolute Gasteiger partial charge is 0.494 e. The molecule has 0 fully saturated rings. The lowest BCUT2D eigenvalue weighted by molar-refractivity contribution is -0.118. The molecule has 0 aromatic heterocycles. The number of ether oxygens (including phenoxy) is 3. The van der Waals surface area contributed by atoms with Gasteiger partial charge in [-0.3, -0.25) is 4.79 Å². The first-order valence-electron chi connectivity index (χ1n) is 7.99. The highest BCUT2D eigenvalue weighted by molar-refractivity contribution is 5.93. The second-order valence-electron chi connectivity index (χ2n) is 5.41. The molecule has 0 radical (unpaired) electrons. The Balaban J connectivity index is 1.93. The maximum Gasteiger partial charge on any atom is 0.262 e. The van der Waals surface area contributed by atoms with Gasteiger partial charge >= 0.3 is 0 Å². The van der Waals surface area contributed by atoms with E-state index in [1.165, 1.54) is 0 Å². The fourth-order valence-electron chi connectivity index (χ4n) is 2.08. The number of rotatable bonds is 8. The van der Waals surface area contributed by atoms with E-state index in [-0.39, 0.29) is 18.6 Å². The monoisotopic (exact) mass is 329 g/mol. The molecule has 0 bridgehead atoms. The highest BCUT2D eigenvalue weighted by atomic mass is 16.5. The van der Waals surface area contributed by atoms with Crippen LogP contribution in [0.5, 0.6) is 17.2 Å². The summed E-state index contributed by atoms with van der Waals surface area (Å²) in [6.45, 7) is 6.28. The highest BCUT2D eigenvalue weighted by Crippen LogP contribution is 2.25. The molecule has 0 spiro atoms. The van der Waals surface area contributed by atoms with Gasteiger partial charge in [0.25, 0.3) is 5.91 Å². The summed E-state index contributed by atoms with van der Waals surface area (Å²) in [6.07, 6.45) is 0.0283. The molecule has 0 saturated carbocycles. The van der Waals surface area contributed by atoms with Crippen LogP contribution in [-0.4, -0.2) is 25.2 Å². The van der Waals surface area contributed by atoms with Crippen LogP contribution in [0.25, 0.3) is 0 Å². The van der Waals surface area contributed by atoms with Gasteiger partial charge < -0.3 is 19.5 Å². The van der Waals surface area contributed by atoms with Crippen LogP contribution in [0.4, 0.5) is 5.69 Å². The first kappa shape index (κ1) is 17.7. The molecule has 0 saturated heterocycles. The lowest BCUT2D eigenvalue weighted by Crippen LogP contribution is -2.21. The van der Waals surface area contributed by atoms with Crippen molar-refractivity contribution in [1.82, 2.24) is 0 Å². The summed E-state index contributed by atoms with van der Waals surface area (Å²) < 4.78 is 16.6. The number of para-hydroxylation sites is 2. The van der Waals surface area contributed by atoms with Crippen LogP contribution >= 0.6 is 0 Å². The van der Waals surface area contributed by atoms with Crippen molar-refractivity contribution in [2.45, 2.75) is 26.9 Å². The summed E-state index contributed by atoms with van der Waals surface area (Å²) in [4.78, 5) is 12.1. The van der Waals surface area contributed by atoms with Gasteiger partial charge in [0.15, 0.2) is 6.61 Å². The Hall–Kier alpha value is -2.69. The quantitative estimate of drug-likeness (QED) is 0.798. The lowest BCUT2D eigenvalue weighted by atomic mass is 10.3. The number of nitrogens with one attached hydrogen (secondary N) is 1. The third-order valence-corrected chi connectivity index (χ3v) is 3.01. The number of hydrogen-bond donors (Lipinski definition) is 1. The van der Waals surface area contributed by atoms with E-state index in [2.05, 4.69) is 5.32 Å². The van der Waals surface area contributed by atoms with E-state index in [1.807, 2.05) is 51.1 Å². The van der Waals surface area contributed by atoms with Crippen LogP contribution in [0.3, 0.4) is 0 Å². The summed E-state index contributed by atoms with van der Waals surface area (Å²) in [5, 5.41) is 2.81. The van der Waals surface area contributed by atoms with Crippen molar-refractivity contribution < 1.29 is 19.0 Å². The average Bonchev–Trinajstić information content (AvgIpc) is 2.55. The minimum Gasteiger partial charge on any atom is -0.494 e. The fraction of sp³-hybridized carbons (Fsp3) is 0.316. The Morgan fingerprint density at radius 3 is 2.46 bits per heavy atom. The van der Waals surface area contributed by atoms with E-state index in [4.69, 9.17) is 14.2 Å². The number of carbonyl (C=O) groups is 1. The van der Waals surface area contributed by atoms with Crippen LogP contribution < -0.4 is 19.5 Å². The van der Waals surface area contributed by atoms with Gasteiger partial charge in [-0.15, -0.1) is 0 Å². The topological polar surface area (TPSA) is 56.8 Å². The average molecular weight is 329 g/mol. The summed E-state index contributed by atoms with van der Waals surface area (Å²) >= 11 is 0. The molecule has 0 aliphatic rings. The number of benzene rings is 2. The second-order valence-corrected chi connectivity index (χ2v) is 5.41. The van der Waals surface area contributed by atoms with Crippen molar-refractivity contribution in [3.63, 3.8) is 0 Å². The molecule has 0 atom stereocenters. The molecule has 24 heavy (non-hydrogen) atoms. The first-order chi connectivity index (χ1) is 11.6. The van der Waals surface area contributed by atoms with Crippen molar-refractivity contribution in [2.24, 2.45) is 0 Å². The highest BCUT2D eigenvalue weighted by Gasteiger charge is 2.09. The lowest BCUT2D eigenvalue weighted by Gasteiger charge is -2.15. The summed E-state index contributed by atoms with van der Waals surface area (Å²) in [5.41, 5.74) is 0.628. The van der Waals surface area contributed by atoms with Crippen LogP contribution in [0, 0.1) is 0 Å². The third kappa shape index (κ3) is 5.50. The number of amides is 1. The molecule has 0 heterocycles. The maximum absolute atomic E-state index is 12.1. The molecule has 5 heteroatoms. The SMILES string of the molecule is CCOc1cccc(OCC(=O)Nc2ccccc2OC(C)C)c1. The van der Waals surface area contributed by atoms with E-state index >= 15 is 0 Å². The van der Waals surface area contributed by atoms with Gasteiger partial charge in [-0.25, -0.2) is 0 Å². The second kappa shape index (κ2) is 8.82. The van der Waals surface area contributed by atoms with Crippen molar-refractivity contribution in [3.8, 4) is 17.2 Å². The van der Waals surface area contributed by atoms with E-state index in [1.54, 1.807) is 18.2 Å². The van der Waals surface area contributed by atoms with Gasteiger partial charge in [-0.2, -0.15) is 0 Å². The van der Waals surface area contributed by atoms with Crippen molar-refractivity contribution in [1.29, 1.82) is 0 Å². The molecule has 0 unspecified atom stereocenters. The van der Waals surface area contributed by atoms with Crippen LogP contribution in [-0.2, 0) is 4.79 Å². The zero-order valence-corrected chi connectivity index (χ0v) is 14.2. The predicted molar refractivity (Wildman–Crippen MR) is 93.9 cm³/mol. The van der Waals surface area contributed by atoms with Gasteiger partial charge in [0.2, 0.25) is 0 Å². The van der Waals surface area contributed by atoms with E-state index < -0.39 is 0 Å². The van der Waals surface area contributed by atoms with Gasteiger partial charge in [-0.1, -0.05) is 18.2 Å². The van der Waals surface area contributed by atoms with E-state index in [9.17, 15) is 4.79 Å². The Morgan fingerprint density at radius 1 is 1.04 bits per heavy atom. The Labute approximate surface area is 142 Å². The van der Waals surface area contributed by atoms with Gasteiger partial charge in [-0.05, 0) is 45.0 Å². The zero-order valence-electron chi connectivity index (χ0n) is 14.2. The summed E-state index contributed by atoms with van der Waals surface area (Å²) in [6, 6.07) is 14.5. The molecule has 2 rings (SSSR count). The number of carbonyl (C=O) groups excluding carboxylic acids is 1. The molecule has 0 aliphatic heterocycles.